The molecule has 0 bridgehead atoms. The van der Waals surface area contributed by atoms with E-state index in [4.69, 9.17) is 11.6 Å². The van der Waals surface area contributed by atoms with Crippen LogP contribution in [0.1, 0.15) is 37.0 Å². The molecule has 1 fully saturated rings. The summed E-state index contributed by atoms with van der Waals surface area (Å²) in [5, 5.41) is 17.0. The second kappa shape index (κ2) is 5.66. The van der Waals surface area contributed by atoms with Crippen molar-refractivity contribution in [2.75, 3.05) is 5.32 Å². The van der Waals surface area contributed by atoms with Crippen molar-refractivity contribution in [3.05, 3.63) is 32.8 Å². The average Bonchev–Trinajstić information content (AvgIpc) is 3.11. The van der Waals surface area contributed by atoms with Crippen molar-refractivity contribution in [2.45, 2.75) is 38.8 Å². The van der Waals surface area contributed by atoms with E-state index in [1.54, 1.807) is 0 Å². The second-order valence-corrected chi connectivity index (χ2v) is 5.56. The van der Waals surface area contributed by atoms with Crippen LogP contribution < -0.4 is 10.6 Å². The average molecular weight is 298 g/mol. The first kappa shape index (κ1) is 14.6. The van der Waals surface area contributed by atoms with Crippen molar-refractivity contribution in [1.82, 2.24) is 5.32 Å². The zero-order chi connectivity index (χ0) is 14.9. The summed E-state index contributed by atoms with van der Waals surface area (Å²) in [6.07, 6.45) is 1.89. The molecule has 6 nitrogen and oxygen atoms in total. The molecule has 2 rings (SSSR count). The Labute approximate surface area is 121 Å². The number of rotatable bonds is 5. The third-order valence-corrected chi connectivity index (χ3v) is 3.20. The predicted octanol–water partition coefficient (Wildman–Crippen LogP) is 2.96. The summed E-state index contributed by atoms with van der Waals surface area (Å²) in [7, 11) is 0. The fraction of sp³-hybridized carbons (Fsp3) is 0.462. The number of amides is 1. The lowest BCUT2D eigenvalue weighted by molar-refractivity contribution is -0.384. The number of anilines is 1. The number of nitro groups is 1. The molecule has 1 aliphatic carbocycles. The zero-order valence-electron chi connectivity index (χ0n) is 11.3. The van der Waals surface area contributed by atoms with E-state index < -0.39 is 4.92 Å². The van der Waals surface area contributed by atoms with Gasteiger partial charge in [-0.1, -0.05) is 11.6 Å². The largest absolute Gasteiger partial charge is 0.377 e. The maximum absolute atomic E-state index is 12.0. The van der Waals surface area contributed by atoms with E-state index in [1.807, 2.05) is 13.8 Å². The van der Waals surface area contributed by atoms with Gasteiger partial charge in [0.05, 0.1) is 15.5 Å². The Morgan fingerprint density at radius 1 is 1.45 bits per heavy atom. The maximum atomic E-state index is 12.0. The van der Waals surface area contributed by atoms with Gasteiger partial charge in [0.15, 0.2) is 0 Å². The van der Waals surface area contributed by atoms with Crippen LogP contribution >= 0.6 is 11.6 Å². The van der Waals surface area contributed by atoms with E-state index >= 15 is 0 Å². The third-order valence-electron chi connectivity index (χ3n) is 2.88. The molecule has 0 aliphatic heterocycles. The molecule has 20 heavy (non-hydrogen) atoms. The van der Waals surface area contributed by atoms with Gasteiger partial charge in [0.2, 0.25) is 0 Å². The molecule has 0 atom stereocenters. The van der Waals surface area contributed by atoms with Gasteiger partial charge in [-0.25, -0.2) is 0 Å². The van der Waals surface area contributed by atoms with Gasteiger partial charge in [0.1, 0.15) is 5.69 Å². The number of halogens is 1. The van der Waals surface area contributed by atoms with E-state index in [-0.39, 0.29) is 34.3 Å². The Morgan fingerprint density at radius 3 is 2.60 bits per heavy atom. The number of carbonyl (C=O) groups is 1. The third kappa shape index (κ3) is 3.39. The normalized spacial score (nSPS) is 14.2. The van der Waals surface area contributed by atoms with Crippen LogP contribution in [0.15, 0.2) is 12.1 Å². The van der Waals surface area contributed by atoms with Gasteiger partial charge in [-0.3, -0.25) is 14.9 Å². The second-order valence-electron chi connectivity index (χ2n) is 5.15. The smallest absolute Gasteiger partial charge is 0.293 e. The number of nitrogens with one attached hydrogen (secondary N) is 2. The monoisotopic (exact) mass is 297 g/mol. The Kier molecular flexibility index (Phi) is 4.13. The molecule has 1 aromatic rings. The van der Waals surface area contributed by atoms with Gasteiger partial charge in [-0.15, -0.1) is 0 Å². The topological polar surface area (TPSA) is 84.3 Å². The van der Waals surface area contributed by atoms with E-state index in [0.717, 1.165) is 12.8 Å². The van der Waals surface area contributed by atoms with E-state index in [1.165, 1.54) is 12.1 Å². The van der Waals surface area contributed by atoms with Crippen LogP contribution in [0.4, 0.5) is 11.4 Å². The molecular weight excluding hydrogens is 282 g/mol. The van der Waals surface area contributed by atoms with Gasteiger partial charge < -0.3 is 10.6 Å². The van der Waals surface area contributed by atoms with Crippen molar-refractivity contribution in [3.8, 4) is 0 Å². The summed E-state index contributed by atoms with van der Waals surface area (Å²) in [6, 6.07) is 2.86. The highest BCUT2D eigenvalue weighted by Crippen LogP contribution is 2.32. The van der Waals surface area contributed by atoms with Gasteiger partial charge in [0, 0.05) is 18.2 Å². The molecule has 2 N–H and O–H groups in total. The minimum Gasteiger partial charge on any atom is -0.377 e. The minimum atomic E-state index is -0.519. The molecular formula is C13H16ClN3O3. The van der Waals surface area contributed by atoms with Crippen molar-refractivity contribution in [2.24, 2.45) is 0 Å². The van der Waals surface area contributed by atoms with E-state index in [9.17, 15) is 14.9 Å². The van der Waals surface area contributed by atoms with Crippen molar-refractivity contribution < 1.29 is 9.72 Å². The molecule has 1 saturated carbocycles. The molecule has 0 unspecified atom stereocenters. The summed E-state index contributed by atoms with van der Waals surface area (Å²) < 4.78 is 0. The summed E-state index contributed by atoms with van der Waals surface area (Å²) in [4.78, 5) is 22.6. The Morgan fingerprint density at radius 2 is 2.10 bits per heavy atom. The Bertz CT molecular complexity index is 556. The quantitative estimate of drug-likeness (QED) is 0.646. The van der Waals surface area contributed by atoms with Crippen molar-refractivity contribution in [1.29, 1.82) is 0 Å². The number of benzene rings is 1. The lowest BCUT2D eigenvalue weighted by Gasteiger charge is -2.12. The molecule has 0 aromatic heterocycles. The lowest BCUT2D eigenvalue weighted by atomic mass is 10.1. The van der Waals surface area contributed by atoms with Gasteiger partial charge >= 0.3 is 0 Å². The highest BCUT2D eigenvalue weighted by molar-refractivity contribution is 6.34. The zero-order valence-corrected chi connectivity index (χ0v) is 12.0. The molecule has 0 saturated heterocycles. The minimum absolute atomic E-state index is 0.0240. The molecule has 108 valence electrons. The highest BCUT2D eigenvalue weighted by Gasteiger charge is 2.27. The van der Waals surface area contributed by atoms with Crippen LogP contribution in [-0.4, -0.2) is 22.9 Å². The molecule has 1 amide bonds. The standard InChI is InChI=1S/C13H16ClN3O3/c1-7(2)15-11-6-10(14)9(5-12(11)17(19)20)13(18)16-8-3-4-8/h5-8,15H,3-4H2,1-2H3,(H,16,18). The Hall–Kier alpha value is -1.82. The molecule has 0 spiro atoms. The van der Waals surface area contributed by atoms with Gasteiger partial charge in [-0.05, 0) is 32.8 Å². The Balaban J connectivity index is 2.35. The molecule has 1 aromatic carbocycles. The van der Waals surface area contributed by atoms with Crippen LogP contribution in [-0.2, 0) is 0 Å². The van der Waals surface area contributed by atoms with Crippen LogP contribution in [0.5, 0.6) is 0 Å². The van der Waals surface area contributed by atoms with Crippen LogP contribution in [0, 0.1) is 10.1 Å². The van der Waals surface area contributed by atoms with Crippen molar-refractivity contribution in [3.63, 3.8) is 0 Å². The van der Waals surface area contributed by atoms with Crippen LogP contribution in [0.3, 0.4) is 0 Å². The van der Waals surface area contributed by atoms with Crippen LogP contribution in [0.2, 0.25) is 5.02 Å². The first-order chi connectivity index (χ1) is 9.38. The number of carbonyl (C=O) groups excluding carboxylic acids is 1. The number of nitrogens with zero attached hydrogens (tertiary/aromatic N) is 1. The fourth-order valence-corrected chi connectivity index (χ4v) is 2.05. The molecule has 0 radical (unpaired) electrons. The fourth-order valence-electron chi connectivity index (χ4n) is 1.80. The SMILES string of the molecule is CC(C)Nc1cc(Cl)c(C(=O)NC2CC2)cc1[N+](=O)[O-]. The first-order valence-corrected chi connectivity index (χ1v) is 6.81. The summed E-state index contributed by atoms with van der Waals surface area (Å²) in [5.41, 5.74) is 0.307. The maximum Gasteiger partial charge on any atom is 0.293 e. The summed E-state index contributed by atoms with van der Waals surface area (Å²) in [5.74, 6) is -0.364. The first-order valence-electron chi connectivity index (χ1n) is 6.44. The van der Waals surface area contributed by atoms with Crippen LogP contribution in [0.25, 0.3) is 0 Å². The molecule has 0 heterocycles. The summed E-state index contributed by atoms with van der Waals surface area (Å²) in [6.45, 7) is 3.73. The number of nitro benzene ring substituents is 1. The molecule has 1 aliphatic rings. The number of hydrogen-bond donors (Lipinski definition) is 2. The summed E-state index contributed by atoms with van der Waals surface area (Å²) >= 11 is 6.06. The molecule has 7 heteroatoms. The predicted molar refractivity (Wildman–Crippen MR) is 77.4 cm³/mol. The van der Waals surface area contributed by atoms with Gasteiger partial charge in [0.25, 0.3) is 11.6 Å². The van der Waals surface area contributed by atoms with Gasteiger partial charge in [-0.2, -0.15) is 0 Å². The number of hydrogen-bond acceptors (Lipinski definition) is 4. The lowest BCUT2D eigenvalue weighted by Crippen LogP contribution is -2.26. The van der Waals surface area contributed by atoms with E-state index in [2.05, 4.69) is 10.6 Å². The van der Waals surface area contributed by atoms with E-state index in [0.29, 0.717) is 5.69 Å². The highest BCUT2D eigenvalue weighted by atomic mass is 35.5. The van der Waals surface area contributed by atoms with Crippen molar-refractivity contribution >= 4 is 28.9 Å².